The van der Waals surface area contributed by atoms with Crippen molar-refractivity contribution in [1.82, 2.24) is 5.32 Å². The molecular weight excluding hydrogens is 184 g/mol. The van der Waals surface area contributed by atoms with E-state index in [2.05, 4.69) is 42.3 Å². The van der Waals surface area contributed by atoms with Crippen molar-refractivity contribution in [2.75, 3.05) is 31.1 Å². The standard InChI is InChI=1S/C13H20N2/c1-3-12-5-4-11(2)13(10-12)15-8-6-14-7-9-15/h4-5,10,14H,3,6-9H2,1-2H3. The highest BCUT2D eigenvalue weighted by Gasteiger charge is 2.12. The van der Waals surface area contributed by atoms with Crippen LogP contribution in [0.2, 0.25) is 0 Å². The third-order valence-electron chi connectivity index (χ3n) is 3.14. The van der Waals surface area contributed by atoms with E-state index in [1.807, 2.05) is 0 Å². The van der Waals surface area contributed by atoms with E-state index in [0.29, 0.717) is 0 Å². The zero-order valence-electron chi connectivity index (χ0n) is 9.71. The zero-order valence-corrected chi connectivity index (χ0v) is 9.71. The first-order chi connectivity index (χ1) is 7.31. The maximum atomic E-state index is 3.39. The van der Waals surface area contributed by atoms with Gasteiger partial charge in [-0.25, -0.2) is 0 Å². The molecule has 1 heterocycles. The predicted octanol–water partition coefficient (Wildman–Crippen LogP) is 1.97. The lowest BCUT2D eigenvalue weighted by Crippen LogP contribution is -2.43. The van der Waals surface area contributed by atoms with Crippen molar-refractivity contribution in [3.8, 4) is 0 Å². The van der Waals surface area contributed by atoms with E-state index in [1.54, 1.807) is 0 Å². The molecule has 0 radical (unpaired) electrons. The van der Waals surface area contributed by atoms with E-state index in [1.165, 1.54) is 16.8 Å². The summed E-state index contributed by atoms with van der Waals surface area (Å²) < 4.78 is 0. The Morgan fingerprint density at radius 1 is 1.27 bits per heavy atom. The van der Waals surface area contributed by atoms with Crippen molar-refractivity contribution < 1.29 is 0 Å². The van der Waals surface area contributed by atoms with Crippen LogP contribution in [-0.4, -0.2) is 26.2 Å². The number of hydrogen-bond acceptors (Lipinski definition) is 2. The summed E-state index contributed by atoms with van der Waals surface area (Å²) >= 11 is 0. The third kappa shape index (κ3) is 2.32. The summed E-state index contributed by atoms with van der Waals surface area (Å²) in [5.41, 5.74) is 4.26. The highest BCUT2D eigenvalue weighted by atomic mass is 15.2. The van der Waals surface area contributed by atoms with E-state index < -0.39 is 0 Å². The molecule has 1 aromatic rings. The predicted molar refractivity (Wildman–Crippen MR) is 65.6 cm³/mol. The molecule has 0 amide bonds. The average molecular weight is 204 g/mol. The van der Waals surface area contributed by atoms with E-state index in [0.717, 1.165) is 32.6 Å². The second kappa shape index (κ2) is 4.67. The number of benzene rings is 1. The van der Waals surface area contributed by atoms with Gasteiger partial charge in [0, 0.05) is 31.9 Å². The summed E-state index contributed by atoms with van der Waals surface area (Å²) in [6.07, 6.45) is 1.12. The molecule has 1 saturated heterocycles. The topological polar surface area (TPSA) is 15.3 Å². The van der Waals surface area contributed by atoms with Crippen LogP contribution in [0.4, 0.5) is 5.69 Å². The van der Waals surface area contributed by atoms with Gasteiger partial charge in [0.1, 0.15) is 0 Å². The summed E-state index contributed by atoms with van der Waals surface area (Å²) in [4.78, 5) is 2.49. The molecule has 1 aliphatic rings. The maximum absolute atomic E-state index is 3.39. The van der Waals surface area contributed by atoms with Crippen molar-refractivity contribution in [1.29, 1.82) is 0 Å². The minimum atomic E-state index is 1.11. The zero-order chi connectivity index (χ0) is 10.7. The van der Waals surface area contributed by atoms with Crippen LogP contribution in [0.3, 0.4) is 0 Å². The first-order valence-electron chi connectivity index (χ1n) is 5.86. The van der Waals surface area contributed by atoms with Crippen molar-refractivity contribution in [2.24, 2.45) is 0 Å². The van der Waals surface area contributed by atoms with Crippen LogP contribution in [0.15, 0.2) is 18.2 Å². The average Bonchev–Trinajstić information content (AvgIpc) is 2.31. The molecule has 82 valence electrons. The van der Waals surface area contributed by atoms with E-state index >= 15 is 0 Å². The molecule has 0 spiro atoms. The summed E-state index contributed by atoms with van der Waals surface area (Å²) in [6.45, 7) is 8.90. The summed E-state index contributed by atoms with van der Waals surface area (Å²) in [6, 6.07) is 6.83. The van der Waals surface area contributed by atoms with Crippen LogP contribution < -0.4 is 10.2 Å². The third-order valence-corrected chi connectivity index (χ3v) is 3.14. The largest absolute Gasteiger partial charge is 0.369 e. The van der Waals surface area contributed by atoms with Gasteiger partial charge in [-0.05, 0) is 30.5 Å². The van der Waals surface area contributed by atoms with Gasteiger partial charge >= 0.3 is 0 Å². The quantitative estimate of drug-likeness (QED) is 0.792. The van der Waals surface area contributed by atoms with Gasteiger partial charge in [-0.2, -0.15) is 0 Å². The number of piperazine rings is 1. The number of nitrogens with one attached hydrogen (secondary N) is 1. The lowest BCUT2D eigenvalue weighted by molar-refractivity contribution is 0.588. The van der Waals surface area contributed by atoms with E-state index in [4.69, 9.17) is 0 Å². The van der Waals surface area contributed by atoms with Crippen LogP contribution in [0, 0.1) is 6.92 Å². The lowest BCUT2D eigenvalue weighted by atomic mass is 10.1. The van der Waals surface area contributed by atoms with Crippen LogP contribution in [0.25, 0.3) is 0 Å². The fourth-order valence-corrected chi connectivity index (χ4v) is 2.12. The molecule has 0 saturated carbocycles. The first-order valence-corrected chi connectivity index (χ1v) is 5.86. The van der Waals surface area contributed by atoms with Gasteiger partial charge < -0.3 is 10.2 Å². The van der Waals surface area contributed by atoms with Crippen molar-refractivity contribution in [2.45, 2.75) is 20.3 Å². The summed E-state index contributed by atoms with van der Waals surface area (Å²) in [5.74, 6) is 0. The molecular formula is C13H20N2. The number of nitrogens with zero attached hydrogens (tertiary/aromatic N) is 1. The van der Waals surface area contributed by atoms with Gasteiger partial charge in [0.25, 0.3) is 0 Å². The Morgan fingerprint density at radius 2 is 2.00 bits per heavy atom. The Balaban J connectivity index is 2.24. The Kier molecular flexibility index (Phi) is 3.27. The molecule has 0 unspecified atom stereocenters. The molecule has 2 rings (SSSR count). The van der Waals surface area contributed by atoms with Crippen molar-refractivity contribution in [3.05, 3.63) is 29.3 Å². The Labute approximate surface area is 92.3 Å². The summed E-state index contributed by atoms with van der Waals surface area (Å²) in [5, 5.41) is 3.39. The highest BCUT2D eigenvalue weighted by molar-refractivity contribution is 5.55. The van der Waals surface area contributed by atoms with E-state index in [-0.39, 0.29) is 0 Å². The Morgan fingerprint density at radius 3 is 2.67 bits per heavy atom. The number of aryl methyl sites for hydroxylation is 2. The molecule has 1 aliphatic heterocycles. The minimum absolute atomic E-state index is 1.11. The molecule has 0 bridgehead atoms. The molecule has 2 heteroatoms. The smallest absolute Gasteiger partial charge is 0.0399 e. The van der Waals surface area contributed by atoms with Gasteiger partial charge in [-0.15, -0.1) is 0 Å². The molecule has 15 heavy (non-hydrogen) atoms. The van der Waals surface area contributed by atoms with E-state index in [9.17, 15) is 0 Å². The normalized spacial score (nSPS) is 16.8. The Hall–Kier alpha value is -1.02. The maximum Gasteiger partial charge on any atom is 0.0399 e. The van der Waals surface area contributed by atoms with Gasteiger partial charge in [0.15, 0.2) is 0 Å². The molecule has 2 nitrogen and oxygen atoms in total. The van der Waals surface area contributed by atoms with Crippen LogP contribution >= 0.6 is 0 Å². The summed E-state index contributed by atoms with van der Waals surface area (Å²) in [7, 11) is 0. The molecule has 1 aromatic carbocycles. The van der Waals surface area contributed by atoms with Crippen molar-refractivity contribution >= 4 is 5.69 Å². The highest BCUT2D eigenvalue weighted by Crippen LogP contribution is 2.22. The Bertz CT molecular complexity index is 327. The minimum Gasteiger partial charge on any atom is -0.369 e. The van der Waals surface area contributed by atoms with Gasteiger partial charge in [-0.3, -0.25) is 0 Å². The van der Waals surface area contributed by atoms with Gasteiger partial charge in [0.05, 0.1) is 0 Å². The van der Waals surface area contributed by atoms with Crippen LogP contribution in [0.5, 0.6) is 0 Å². The van der Waals surface area contributed by atoms with Gasteiger partial charge in [0.2, 0.25) is 0 Å². The number of rotatable bonds is 2. The molecule has 1 fully saturated rings. The van der Waals surface area contributed by atoms with Crippen LogP contribution in [0.1, 0.15) is 18.1 Å². The number of anilines is 1. The fourth-order valence-electron chi connectivity index (χ4n) is 2.12. The van der Waals surface area contributed by atoms with Crippen LogP contribution in [-0.2, 0) is 6.42 Å². The number of hydrogen-bond donors (Lipinski definition) is 1. The monoisotopic (exact) mass is 204 g/mol. The second-order valence-corrected chi connectivity index (χ2v) is 4.21. The molecule has 0 atom stereocenters. The van der Waals surface area contributed by atoms with Gasteiger partial charge in [-0.1, -0.05) is 19.1 Å². The fraction of sp³-hybridized carbons (Fsp3) is 0.538. The molecule has 0 aliphatic carbocycles. The first kappa shape index (κ1) is 10.5. The second-order valence-electron chi connectivity index (χ2n) is 4.21. The lowest BCUT2D eigenvalue weighted by Gasteiger charge is -2.31. The SMILES string of the molecule is CCc1ccc(C)c(N2CCNCC2)c1. The van der Waals surface area contributed by atoms with Crippen molar-refractivity contribution in [3.63, 3.8) is 0 Å². The molecule has 0 aromatic heterocycles. The molecule has 1 N–H and O–H groups in total.